The van der Waals surface area contributed by atoms with Crippen LogP contribution in [0, 0.1) is 5.92 Å². The van der Waals surface area contributed by atoms with E-state index >= 15 is 0 Å². The molecule has 0 spiro atoms. The number of hydrogen-bond donors (Lipinski definition) is 0. The maximum absolute atomic E-state index is 13.3. The molecular formula is C23H30F3N3O2Si. The molecule has 2 aromatic heterocycles. The Bertz CT molecular complexity index is 976. The van der Waals surface area contributed by atoms with Gasteiger partial charge in [-0.2, -0.15) is 13.2 Å². The summed E-state index contributed by atoms with van der Waals surface area (Å²) < 4.78 is 46.9. The number of ketones is 1. The Hall–Kier alpha value is -2.26. The molecule has 0 aromatic carbocycles. The van der Waals surface area contributed by atoms with Crippen LogP contribution in [0.15, 0.2) is 30.6 Å². The topological polar surface area (TPSA) is 57.0 Å². The summed E-state index contributed by atoms with van der Waals surface area (Å²) in [5.41, 5.74) is 1.38. The lowest BCUT2D eigenvalue weighted by molar-refractivity contribution is -0.141. The van der Waals surface area contributed by atoms with E-state index < -0.39 is 19.9 Å². The van der Waals surface area contributed by atoms with Gasteiger partial charge in [0.2, 0.25) is 0 Å². The molecule has 2 heterocycles. The van der Waals surface area contributed by atoms with Gasteiger partial charge in [-0.1, -0.05) is 25.7 Å². The lowest BCUT2D eigenvalue weighted by Gasteiger charge is -2.19. The number of hydrogen-bond acceptors (Lipinski definition) is 4. The van der Waals surface area contributed by atoms with Gasteiger partial charge in [0.25, 0.3) is 0 Å². The Labute approximate surface area is 187 Å². The van der Waals surface area contributed by atoms with Gasteiger partial charge in [-0.05, 0) is 49.9 Å². The second kappa shape index (κ2) is 9.70. The average molecular weight is 466 g/mol. The summed E-state index contributed by atoms with van der Waals surface area (Å²) in [6.07, 6.45) is 2.28. The van der Waals surface area contributed by atoms with Crippen molar-refractivity contribution in [1.29, 1.82) is 0 Å². The van der Waals surface area contributed by atoms with Crippen LogP contribution < -0.4 is 0 Å². The van der Waals surface area contributed by atoms with Crippen molar-refractivity contribution in [3.63, 3.8) is 0 Å². The summed E-state index contributed by atoms with van der Waals surface area (Å²) in [7, 11) is -1.30. The molecule has 3 rings (SSSR count). The number of aromatic nitrogens is 3. The molecule has 1 aliphatic carbocycles. The van der Waals surface area contributed by atoms with Gasteiger partial charge in [-0.15, -0.1) is 0 Å². The number of halogens is 3. The number of Topliss-reactive ketones (excluding diaryl/α,β-unsaturated/α-hetero) is 1. The molecule has 0 radical (unpaired) electrons. The molecule has 2 aromatic rings. The number of ether oxygens (including phenoxy) is 1. The van der Waals surface area contributed by atoms with Crippen LogP contribution in [-0.4, -0.2) is 35.0 Å². The standard InChI is InChI=1S/C23H30F3N3O2Si/c1-16(30)17-5-7-18(8-6-17)20-10-9-19(13-27-20)22-28-21(23(24,25)26)14-29(22)15-31-11-12-32(2,3)4/h7,9-10,13-14,17H,5-6,8,11-12,15H2,1-4H3. The number of imidazole rings is 1. The monoisotopic (exact) mass is 465 g/mol. The zero-order chi connectivity index (χ0) is 23.5. The quantitative estimate of drug-likeness (QED) is 0.352. The molecular weight excluding hydrogens is 435 g/mol. The maximum Gasteiger partial charge on any atom is 0.434 e. The van der Waals surface area contributed by atoms with E-state index in [1.807, 2.05) is 6.08 Å². The van der Waals surface area contributed by atoms with Crippen LogP contribution in [0.2, 0.25) is 25.7 Å². The van der Waals surface area contributed by atoms with Crippen LogP contribution in [-0.2, 0) is 22.4 Å². The zero-order valence-corrected chi connectivity index (χ0v) is 20.0. The minimum atomic E-state index is -4.54. The Kier molecular flexibility index (Phi) is 7.39. The first-order valence-electron chi connectivity index (χ1n) is 10.8. The van der Waals surface area contributed by atoms with E-state index in [9.17, 15) is 18.0 Å². The third-order valence-electron chi connectivity index (χ3n) is 5.63. The Morgan fingerprint density at radius 1 is 1.28 bits per heavy atom. The zero-order valence-electron chi connectivity index (χ0n) is 19.0. The Morgan fingerprint density at radius 3 is 2.56 bits per heavy atom. The van der Waals surface area contributed by atoms with E-state index in [1.54, 1.807) is 25.3 Å². The van der Waals surface area contributed by atoms with Crippen molar-refractivity contribution in [3.05, 3.63) is 42.0 Å². The summed E-state index contributed by atoms with van der Waals surface area (Å²) in [4.78, 5) is 19.8. The highest BCUT2D eigenvalue weighted by Crippen LogP contribution is 2.33. The predicted octanol–water partition coefficient (Wildman–Crippen LogP) is 6.05. The molecule has 1 aliphatic rings. The Balaban J connectivity index is 1.78. The van der Waals surface area contributed by atoms with Gasteiger partial charge in [0.05, 0.1) is 5.69 Å². The molecule has 0 saturated carbocycles. The van der Waals surface area contributed by atoms with Crippen molar-refractivity contribution in [3.8, 4) is 11.4 Å². The molecule has 32 heavy (non-hydrogen) atoms. The Morgan fingerprint density at radius 2 is 2.03 bits per heavy atom. The molecule has 0 saturated heterocycles. The summed E-state index contributed by atoms with van der Waals surface area (Å²) in [6.45, 7) is 8.77. The SMILES string of the molecule is CC(=O)C1CC=C(c2ccc(-c3nc(C(F)(F)F)cn3COCC[Si](C)(C)C)cn2)CC1. The normalized spacial score (nSPS) is 17.3. The fraction of sp³-hybridized carbons (Fsp3) is 0.522. The van der Waals surface area contributed by atoms with E-state index in [2.05, 4.69) is 29.6 Å². The summed E-state index contributed by atoms with van der Waals surface area (Å²) >= 11 is 0. The molecule has 0 aliphatic heterocycles. The van der Waals surface area contributed by atoms with Crippen molar-refractivity contribution >= 4 is 19.4 Å². The van der Waals surface area contributed by atoms with E-state index in [0.717, 1.165) is 36.3 Å². The third kappa shape index (κ3) is 6.38. The van der Waals surface area contributed by atoms with Crippen molar-refractivity contribution in [2.75, 3.05) is 6.61 Å². The number of allylic oxidation sites excluding steroid dienone is 2. The van der Waals surface area contributed by atoms with Crippen LogP contribution in [0.3, 0.4) is 0 Å². The molecule has 0 fully saturated rings. The van der Waals surface area contributed by atoms with Crippen molar-refractivity contribution in [2.24, 2.45) is 5.92 Å². The van der Waals surface area contributed by atoms with Gasteiger partial charge in [-0.3, -0.25) is 9.78 Å². The van der Waals surface area contributed by atoms with Gasteiger partial charge in [0.1, 0.15) is 18.3 Å². The lowest BCUT2D eigenvalue weighted by atomic mass is 9.86. The summed E-state index contributed by atoms with van der Waals surface area (Å²) in [6, 6.07) is 4.47. The highest BCUT2D eigenvalue weighted by Gasteiger charge is 2.35. The molecule has 0 bridgehead atoms. The van der Waals surface area contributed by atoms with Crippen LogP contribution in [0.4, 0.5) is 13.2 Å². The van der Waals surface area contributed by atoms with Gasteiger partial charge in [-0.25, -0.2) is 4.98 Å². The smallest absolute Gasteiger partial charge is 0.361 e. The molecule has 5 nitrogen and oxygen atoms in total. The van der Waals surface area contributed by atoms with E-state index in [4.69, 9.17) is 4.74 Å². The molecule has 1 unspecified atom stereocenters. The first kappa shape index (κ1) is 24.4. The molecule has 174 valence electrons. The molecule has 9 heteroatoms. The van der Waals surface area contributed by atoms with Crippen LogP contribution >= 0.6 is 0 Å². The lowest BCUT2D eigenvalue weighted by Crippen LogP contribution is -2.22. The fourth-order valence-electron chi connectivity index (χ4n) is 3.57. The number of alkyl halides is 3. The van der Waals surface area contributed by atoms with Gasteiger partial charge in [0.15, 0.2) is 5.69 Å². The van der Waals surface area contributed by atoms with E-state index in [1.165, 1.54) is 4.57 Å². The number of nitrogens with zero attached hydrogens (tertiary/aromatic N) is 3. The highest BCUT2D eigenvalue weighted by atomic mass is 28.3. The van der Waals surface area contributed by atoms with Crippen LogP contribution in [0.5, 0.6) is 0 Å². The van der Waals surface area contributed by atoms with E-state index in [-0.39, 0.29) is 24.3 Å². The van der Waals surface area contributed by atoms with Crippen molar-refractivity contribution in [2.45, 2.75) is 64.8 Å². The van der Waals surface area contributed by atoms with Gasteiger partial charge in [0, 0.05) is 38.6 Å². The maximum atomic E-state index is 13.3. The fourth-order valence-corrected chi connectivity index (χ4v) is 4.33. The second-order valence-corrected chi connectivity index (χ2v) is 15.1. The third-order valence-corrected chi connectivity index (χ3v) is 7.33. The van der Waals surface area contributed by atoms with Crippen LogP contribution in [0.1, 0.15) is 37.6 Å². The summed E-state index contributed by atoms with van der Waals surface area (Å²) in [5.74, 6) is 0.439. The largest absolute Gasteiger partial charge is 0.434 e. The first-order chi connectivity index (χ1) is 14.9. The minimum Gasteiger partial charge on any atom is -0.361 e. The van der Waals surface area contributed by atoms with Gasteiger partial charge >= 0.3 is 6.18 Å². The second-order valence-electron chi connectivity index (χ2n) is 9.51. The highest BCUT2D eigenvalue weighted by molar-refractivity contribution is 6.76. The van der Waals surface area contributed by atoms with Crippen molar-refractivity contribution < 1.29 is 22.7 Å². The molecule has 0 amide bonds. The first-order valence-corrected chi connectivity index (χ1v) is 14.5. The minimum absolute atomic E-state index is 0.00221. The molecule has 0 N–H and O–H groups in total. The molecule has 1 atom stereocenters. The summed E-state index contributed by atoms with van der Waals surface area (Å²) in [5, 5.41) is 0. The number of carbonyl (C=O) groups is 1. The van der Waals surface area contributed by atoms with E-state index in [0.29, 0.717) is 18.6 Å². The van der Waals surface area contributed by atoms with Crippen LogP contribution in [0.25, 0.3) is 17.0 Å². The van der Waals surface area contributed by atoms with Gasteiger partial charge < -0.3 is 9.30 Å². The number of carbonyl (C=O) groups excluding carboxylic acids is 1. The predicted molar refractivity (Wildman–Crippen MR) is 121 cm³/mol. The average Bonchev–Trinajstić information content (AvgIpc) is 3.15. The number of rotatable bonds is 8. The van der Waals surface area contributed by atoms with Crippen molar-refractivity contribution in [1.82, 2.24) is 14.5 Å². The number of pyridine rings is 1.